The lowest BCUT2D eigenvalue weighted by molar-refractivity contribution is -0.120. The average molecular weight is 372 g/mol. The summed E-state index contributed by atoms with van der Waals surface area (Å²) in [5.41, 5.74) is 6.02. The second-order valence-electron chi connectivity index (χ2n) is 5.54. The van der Waals surface area contributed by atoms with E-state index in [9.17, 15) is 14.4 Å². The molecule has 3 N–H and O–H groups in total. The van der Waals surface area contributed by atoms with Crippen molar-refractivity contribution in [2.75, 3.05) is 25.6 Å². The predicted octanol–water partition coefficient (Wildman–Crippen LogP) is 1.78. The molecule has 0 spiro atoms. The number of amides is 2. The van der Waals surface area contributed by atoms with Gasteiger partial charge in [-0.1, -0.05) is 0 Å². The van der Waals surface area contributed by atoms with Gasteiger partial charge in [0, 0.05) is 11.3 Å². The molecule has 0 fully saturated rings. The first-order chi connectivity index (χ1) is 12.9. The van der Waals surface area contributed by atoms with Crippen molar-refractivity contribution >= 4 is 23.3 Å². The van der Waals surface area contributed by atoms with Crippen molar-refractivity contribution in [2.45, 2.75) is 6.92 Å². The smallest absolute Gasteiger partial charge is 0.262 e. The van der Waals surface area contributed by atoms with E-state index >= 15 is 0 Å². The van der Waals surface area contributed by atoms with Crippen LogP contribution >= 0.6 is 0 Å². The monoisotopic (exact) mass is 372 g/mol. The van der Waals surface area contributed by atoms with Crippen LogP contribution in [0.4, 0.5) is 5.69 Å². The highest BCUT2D eigenvalue weighted by Gasteiger charge is 2.11. The molecule has 8 heteroatoms. The Bertz CT molecular complexity index is 833. The summed E-state index contributed by atoms with van der Waals surface area (Å²) in [7, 11) is 1.45. The van der Waals surface area contributed by atoms with Crippen molar-refractivity contribution in [3.8, 4) is 17.2 Å². The zero-order chi connectivity index (χ0) is 19.8. The Morgan fingerprint density at radius 3 is 2.26 bits per heavy atom. The molecule has 0 aliphatic rings. The van der Waals surface area contributed by atoms with Crippen LogP contribution in [0, 0.1) is 0 Å². The van der Waals surface area contributed by atoms with Gasteiger partial charge in [0.25, 0.3) is 11.8 Å². The van der Waals surface area contributed by atoms with Gasteiger partial charge < -0.3 is 25.3 Å². The van der Waals surface area contributed by atoms with Crippen molar-refractivity contribution in [1.82, 2.24) is 0 Å². The summed E-state index contributed by atoms with van der Waals surface area (Å²) in [5, 5.41) is 2.67. The van der Waals surface area contributed by atoms with Crippen LogP contribution in [-0.4, -0.2) is 37.9 Å². The van der Waals surface area contributed by atoms with Gasteiger partial charge in [0.15, 0.2) is 30.5 Å². The number of nitrogens with two attached hydrogens (primary N) is 1. The predicted molar refractivity (Wildman–Crippen MR) is 98.3 cm³/mol. The molecule has 0 unspecified atom stereocenters. The Hall–Kier alpha value is -3.55. The van der Waals surface area contributed by atoms with Crippen molar-refractivity contribution in [3.05, 3.63) is 48.0 Å². The number of ether oxygens (including phenoxy) is 3. The minimum atomic E-state index is -0.573. The maximum atomic E-state index is 12.0. The highest BCUT2D eigenvalue weighted by atomic mass is 16.5. The quantitative estimate of drug-likeness (QED) is 0.648. The molecule has 0 aliphatic heterocycles. The molecule has 0 saturated carbocycles. The first-order valence-electron chi connectivity index (χ1n) is 8.02. The summed E-state index contributed by atoms with van der Waals surface area (Å²) in [6.07, 6.45) is 0. The normalized spacial score (nSPS) is 10.0. The number of methoxy groups -OCH3 is 1. The molecule has 142 valence electrons. The third-order valence-corrected chi connectivity index (χ3v) is 3.45. The molecule has 0 aromatic heterocycles. The van der Waals surface area contributed by atoms with Crippen molar-refractivity contribution in [3.63, 3.8) is 0 Å². The highest BCUT2D eigenvalue weighted by Crippen LogP contribution is 2.28. The van der Waals surface area contributed by atoms with Crippen molar-refractivity contribution in [1.29, 1.82) is 0 Å². The molecule has 0 aliphatic carbocycles. The van der Waals surface area contributed by atoms with E-state index in [2.05, 4.69) is 5.32 Å². The Labute approximate surface area is 156 Å². The number of hydrogen-bond acceptors (Lipinski definition) is 6. The summed E-state index contributed by atoms with van der Waals surface area (Å²) >= 11 is 0. The number of anilines is 1. The number of benzene rings is 2. The molecular formula is C19H20N2O6. The first kappa shape index (κ1) is 19.8. The summed E-state index contributed by atoms with van der Waals surface area (Å²) in [5.74, 6) is 0.133. The Kier molecular flexibility index (Phi) is 6.76. The topological polar surface area (TPSA) is 117 Å². The summed E-state index contributed by atoms with van der Waals surface area (Å²) in [4.78, 5) is 34.1. The number of nitrogens with one attached hydrogen (secondary N) is 1. The van der Waals surface area contributed by atoms with Gasteiger partial charge in [0.2, 0.25) is 0 Å². The fourth-order valence-corrected chi connectivity index (χ4v) is 2.14. The molecule has 0 heterocycles. The molecule has 2 aromatic carbocycles. The Morgan fingerprint density at radius 2 is 1.67 bits per heavy atom. The van der Waals surface area contributed by atoms with Crippen LogP contribution in [0.25, 0.3) is 0 Å². The third kappa shape index (κ3) is 6.03. The van der Waals surface area contributed by atoms with Gasteiger partial charge in [-0.3, -0.25) is 14.4 Å². The van der Waals surface area contributed by atoms with E-state index in [1.165, 1.54) is 14.0 Å². The van der Waals surface area contributed by atoms with Gasteiger partial charge in [-0.25, -0.2) is 0 Å². The molecule has 2 amide bonds. The largest absolute Gasteiger partial charge is 0.493 e. The second kappa shape index (κ2) is 9.23. The van der Waals surface area contributed by atoms with E-state index in [0.717, 1.165) is 0 Å². The number of Topliss-reactive ketones (excluding diaryl/α,β-unsaturated/α-hetero) is 1. The van der Waals surface area contributed by atoms with E-state index in [4.69, 9.17) is 19.9 Å². The van der Waals surface area contributed by atoms with Crippen LogP contribution < -0.4 is 25.3 Å². The van der Waals surface area contributed by atoms with Gasteiger partial charge in [-0.15, -0.1) is 0 Å². The molecule has 27 heavy (non-hydrogen) atoms. The molecule has 2 rings (SSSR count). The molecule has 0 atom stereocenters. The fraction of sp³-hybridized carbons (Fsp3) is 0.211. The number of hydrogen-bond donors (Lipinski definition) is 2. The lowest BCUT2D eigenvalue weighted by atomic mass is 10.1. The van der Waals surface area contributed by atoms with E-state index in [1.54, 1.807) is 42.5 Å². The van der Waals surface area contributed by atoms with E-state index in [0.29, 0.717) is 28.5 Å². The van der Waals surface area contributed by atoms with Crippen LogP contribution in [0.5, 0.6) is 17.2 Å². The zero-order valence-electron chi connectivity index (χ0n) is 15.0. The minimum Gasteiger partial charge on any atom is -0.493 e. The molecular weight excluding hydrogens is 352 g/mol. The van der Waals surface area contributed by atoms with Crippen LogP contribution in [0.2, 0.25) is 0 Å². The van der Waals surface area contributed by atoms with E-state index in [1.807, 2.05) is 0 Å². The number of carbonyl (C=O) groups is 3. The number of primary amides is 1. The third-order valence-electron chi connectivity index (χ3n) is 3.45. The fourth-order valence-electron chi connectivity index (χ4n) is 2.14. The maximum Gasteiger partial charge on any atom is 0.262 e. The molecule has 8 nitrogen and oxygen atoms in total. The van der Waals surface area contributed by atoms with Crippen LogP contribution in [0.1, 0.15) is 17.3 Å². The van der Waals surface area contributed by atoms with Gasteiger partial charge >= 0.3 is 0 Å². The maximum absolute atomic E-state index is 12.0. The lowest BCUT2D eigenvalue weighted by Crippen LogP contribution is -2.21. The summed E-state index contributed by atoms with van der Waals surface area (Å²) in [6.45, 7) is 0.993. The van der Waals surface area contributed by atoms with E-state index < -0.39 is 5.91 Å². The second-order valence-corrected chi connectivity index (χ2v) is 5.54. The average Bonchev–Trinajstić information content (AvgIpc) is 2.65. The Balaban J connectivity index is 1.90. The lowest BCUT2D eigenvalue weighted by Gasteiger charge is -2.12. The summed E-state index contributed by atoms with van der Waals surface area (Å²) < 4.78 is 15.8. The molecule has 0 bridgehead atoms. The SMILES string of the molecule is COc1cc(C(C)=O)ccc1OCC(=O)Nc1ccc(OCC(N)=O)cc1. The van der Waals surface area contributed by atoms with Gasteiger partial charge in [0.1, 0.15) is 5.75 Å². The molecule has 0 saturated heterocycles. The number of rotatable bonds is 9. The molecule has 2 aromatic rings. The van der Waals surface area contributed by atoms with Crippen molar-refractivity contribution in [2.24, 2.45) is 5.73 Å². The van der Waals surface area contributed by atoms with Crippen molar-refractivity contribution < 1.29 is 28.6 Å². The van der Waals surface area contributed by atoms with Gasteiger partial charge in [0.05, 0.1) is 7.11 Å². The van der Waals surface area contributed by atoms with Gasteiger partial charge in [-0.05, 0) is 49.4 Å². The van der Waals surface area contributed by atoms with Gasteiger partial charge in [-0.2, -0.15) is 0 Å². The highest BCUT2D eigenvalue weighted by molar-refractivity contribution is 5.95. The molecule has 0 radical (unpaired) electrons. The van der Waals surface area contributed by atoms with Crippen LogP contribution in [-0.2, 0) is 9.59 Å². The minimum absolute atomic E-state index is 0.0964. The first-order valence-corrected chi connectivity index (χ1v) is 8.02. The van der Waals surface area contributed by atoms with E-state index in [-0.39, 0.29) is 24.9 Å². The van der Waals surface area contributed by atoms with Crippen LogP contribution in [0.15, 0.2) is 42.5 Å². The number of carbonyl (C=O) groups excluding carboxylic acids is 3. The summed E-state index contributed by atoms with van der Waals surface area (Å²) in [6, 6.07) is 11.2. The zero-order valence-corrected chi connectivity index (χ0v) is 15.0. The number of ketones is 1. The standard InChI is InChI=1S/C19H20N2O6/c1-12(22)13-3-8-16(17(9-13)25-2)27-11-19(24)21-14-4-6-15(7-5-14)26-10-18(20)23/h3-9H,10-11H2,1-2H3,(H2,20,23)(H,21,24). The Morgan fingerprint density at radius 1 is 0.963 bits per heavy atom. The van der Waals surface area contributed by atoms with Crippen LogP contribution in [0.3, 0.4) is 0 Å².